The van der Waals surface area contributed by atoms with Crippen LogP contribution in [0.15, 0.2) is 18.2 Å². The molecule has 2 nitrogen and oxygen atoms in total. The third-order valence-corrected chi connectivity index (χ3v) is 3.46. The van der Waals surface area contributed by atoms with Gasteiger partial charge in [-0.05, 0) is 12.1 Å². The number of benzene rings is 1. The maximum atomic E-state index is 14.6. The lowest BCUT2D eigenvalue weighted by molar-refractivity contribution is -0.155. The van der Waals surface area contributed by atoms with Crippen LogP contribution in [-0.4, -0.2) is 18.4 Å². The fraction of sp³-hybridized carbons (Fsp3) is 0.364. The molecule has 0 aliphatic heterocycles. The molecule has 0 saturated heterocycles. The number of alkyl halides is 2. The molecule has 0 heterocycles. The van der Waals surface area contributed by atoms with Crippen LogP contribution in [0.2, 0.25) is 10.0 Å². The van der Waals surface area contributed by atoms with E-state index in [0.29, 0.717) is 10.4 Å². The average molecular weight is 344 g/mol. The van der Waals surface area contributed by atoms with E-state index in [4.69, 9.17) is 23.2 Å². The van der Waals surface area contributed by atoms with Crippen molar-refractivity contribution in [3.63, 3.8) is 0 Å². The van der Waals surface area contributed by atoms with Crippen molar-refractivity contribution in [1.82, 2.24) is 0 Å². The van der Waals surface area contributed by atoms with Crippen molar-refractivity contribution in [3.8, 4) is 0 Å². The van der Waals surface area contributed by atoms with Crippen LogP contribution in [0.3, 0.4) is 0 Å². The van der Waals surface area contributed by atoms with Gasteiger partial charge in [0.2, 0.25) is 5.67 Å². The third-order valence-electron chi connectivity index (χ3n) is 2.33. The number of hydrogen-bond donors (Lipinski definition) is 0. The summed E-state index contributed by atoms with van der Waals surface area (Å²) in [5.41, 5.74) is -2.08. The van der Waals surface area contributed by atoms with Crippen molar-refractivity contribution in [2.24, 2.45) is 0 Å². The first kappa shape index (κ1) is 14.7. The number of halogens is 4. The van der Waals surface area contributed by atoms with E-state index in [1.54, 1.807) is 0 Å². The number of hydrogen-bond acceptors (Lipinski definition) is 2. The molecule has 1 rings (SSSR count). The molecular formula is C11H10BrCl2FO2. The minimum Gasteiger partial charge on any atom is -0.466 e. The highest BCUT2D eigenvalue weighted by Gasteiger charge is 2.41. The summed E-state index contributed by atoms with van der Waals surface area (Å²) in [6.07, 6.45) is -0.0440. The molecule has 1 unspecified atom stereocenters. The largest absolute Gasteiger partial charge is 0.466 e. The highest BCUT2D eigenvalue weighted by Crippen LogP contribution is 2.35. The van der Waals surface area contributed by atoms with E-state index in [9.17, 15) is 9.18 Å². The van der Waals surface area contributed by atoms with Gasteiger partial charge >= 0.3 is 5.97 Å². The lowest BCUT2D eigenvalue weighted by atomic mass is 9.93. The van der Waals surface area contributed by atoms with Crippen molar-refractivity contribution in [2.45, 2.75) is 12.1 Å². The standard InChI is InChI=1S/C11H10BrCl2FO2/c1-17-10(16)11(15,4-5-12)7-2-3-8(13)9(14)6-7/h2-3,6H,4-5H2,1H3. The third kappa shape index (κ3) is 3.12. The Kier molecular flexibility index (Phi) is 5.22. The minimum absolute atomic E-state index is 0.0440. The first-order valence-electron chi connectivity index (χ1n) is 4.74. The summed E-state index contributed by atoms with van der Waals surface area (Å²) in [6, 6.07) is 4.21. The molecule has 1 aromatic rings. The highest BCUT2D eigenvalue weighted by molar-refractivity contribution is 9.09. The lowest BCUT2D eigenvalue weighted by Crippen LogP contribution is -2.32. The zero-order chi connectivity index (χ0) is 13.1. The summed E-state index contributed by atoms with van der Waals surface area (Å²) < 4.78 is 19.1. The van der Waals surface area contributed by atoms with Crippen LogP contribution in [0, 0.1) is 0 Å². The summed E-state index contributed by atoms with van der Waals surface area (Å²) in [6.45, 7) is 0. The van der Waals surface area contributed by atoms with Crippen LogP contribution in [0.25, 0.3) is 0 Å². The number of ether oxygens (including phenoxy) is 1. The van der Waals surface area contributed by atoms with Crippen molar-refractivity contribution in [3.05, 3.63) is 33.8 Å². The summed E-state index contributed by atoms with van der Waals surface area (Å²) in [5.74, 6) is -0.949. The second kappa shape index (κ2) is 6.03. The first-order chi connectivity index (χ1) is 7.95. The van der Waals surface area contributed by atoms with Gasteiger partial charge in [0.25, 0.3) is 0 Å². The van der Waals surface area contributed by atoms with Crippen molar-refractivity contribution < 1.29 is 13.9 Å². The Hall–Kier alpha value is -0.320. The maximum Gasteiger partial charge on any atom is 0.348 e. The molecule has 6 heteroatoms. The van der Waals surface area contributed by atoms with Gasteiger partial charge in [-0.3, -0.25) is 0 Å². The van der Waals surface area contributed by atoms with Gasteiger partial charge in [0.05, 0.1) is 17.2 Å². The van der Waals surface area contributed by atoms with Gasteiger partial charge in [0, 0.05) is 17.3 Å². The molecule has 0 saturated carbocycles. The maximum absolute atomic E-state index is 14.6. The van der Waals surface area contributed by atoms with Crippen LogP contribution in [0.4, 0.5) is 4.39 Å². The molecule has 1 atom stereocenters. The summed E-state index contributed by atoms with van der Waals surface area (Å²) in [4.78, 5) is 11.5. The molecule has 17 heavy (non-hydrogen) atoms. The van der Waals surface area contributed by atoms with E-state index < -0.39 is 11.6 Å². The number of rotatable bonds is 4. The van der Waals surface area contributed by atoms with E-state index in [0.717, 1.165) is 7.11 Å². The molecule has 0 aliphatic carbocycles. The quantitative estimate of drug-likeness (QED) is 0.607. The fourth-order valence-electron chi connectivity index (χ4n) is 1.40. The molecule has 0 bridgehead atoms. The van der Waals surface area contributed by atoms with E-state index in [-0.39, 0.29) is 17.0 Å². The Morgan fingerprint density at radius 3 is 2.59 bits per heavy atom. The van der Waals surface area contributed by atoms with Crippen molar-refractivity contribution in [2.75, 3.05) is 12.4 Å². The zero-order valence-corrected chi connectivity index (χ0v) is 12.1. The van der Waals surface area contributed by atoms with E-state index in [2.05, 4.69) is 20.7 Å². The predicted molar refractivity (Wildman–Crippen MR) is 69.7 cm³/mol. The van der Waals surface area contributed by atoms with Crippen molar-refractivity contribution >= 4 is 45.1 Å². The van der Waals surface area contributed by atoms with E-state index in [1.807, 2.05) is 0 Å². The van der Waals surface area contributed by atoms with E-state index >= 15 is 0 Å². The van der Waals surface area contributed by atoms with Gasteiger partial charge in [0.15, 0.2) is 0 Å². The zero-order valence-electron chi connectivity index (χ0n) is 8.97. The molecule has 0 N–H and O–H groups in total. The summed E-state index contributed by atoms with van der Waals surface area (Å²) >= 11 is 14.7. The van der Waals surface area contributed by atoms with Crippen LogP contribution in [0.1, 0.15) is 12.0 Å². The smallest absolute Gasteiger partial charge is 0.348 e. The Morgan fingerprint density at radius 1 is 1.47 bits per heavy atom. The number of carbonyl (C=O) groups excluding carboxylic acids is 1. The van der Waals surface area contributed by atoms with Gasteiger partial charge in [-0.25, -0.2) is 9.18 Å². The van der Waals surface area contributed by atoms with Gasteiger partial charge < -0.3 is 4.74 Å². The molecule has 1 aromatic carbocycles. The van der Waals surface area contributed by atoms with Crippen LogP contribution >= 0.6 is 39.1 Å². The molecule has 0 aromatic heterocycles. The Labute approximate surface area is 117 Å². The number of methoxy groups -OCH3 is 1. The number of esters is 1. The predicted octanol–water partition coefficient (Wildman–Crippen LogP) is 4.12. The monoisotopic (exact) mass is 342 g/mol. The molecule has 0 aliphatic rings. The van der Waals surface area contributed by atoms with Gasteiger partial charge in [-0.2, -0.15) is 0 Å². The second-order valence-electron chi connectivity index (χ2n) is 3.36. The SMILES string of the molecule is COC(=O)C(F)(CCBr)c1ccc(Cl)c(Cl)c1. The summed E-state index contributed by atoms with van der Waals surface area (Å²) in [7, 11) is 1.14. The minimum atomic E-state index is -2.22. The van der Waals surface area contributed by atoms with E-state index in [1.165, 1.54) is 18.2 Å². The molecule has 0 amide bonds. The molecule has 0 fully saturated rings. The van der Waals surface area contributed by atoms with Gasteiger partial charge in [-0.15, -0.1) is 0 Å². The van der Waals surface area contributed by atoms with Crippen molar-refractivity contribution in [1.29, 1.82) is 0 Å². The average Bonchev–Trinajstić information content (AvgIpc) is 2.31. The Bertz CT molecular complexity index is 428. The lowest BCUT2D eigenvalue weighted by Gasteiger charge is -2.22. The normalized spacial score (nSPS) is 14.2. The fourth-order valence-corrected chi connectivity index (χ4v) is 2.24. The van der Waals surface area contributed by atoms with Gasteiger partial charge in [0.1, 0.15) is 0 Å². The molecular weight excluding hydrogens is 334 g/mol. The molecule has 94 valence electrons. The second-order valence-corrected chi connectivity index (χ2v) is 4.97. The Balaban J connectivity index is 3.22. The number of carbonyl (C=O) groups is 1. The first-order valence-corrected chi connectivity index (χ1v) is 6.62. The molecule has 0 spiro atoms. The summed E-state index contributed by atoms with van der Waals surface area (Å²) in [5, 5.41) is 0.824. The molecule has 0 radical (unpaired) electrons. The Morgan fingerprint density at radius 2 is 2.12 bits per heavy atom. The van der Waals surface area contributed by atoms with Crippen LogP contribution < -0.4 is 0 Å². The topological polar surface area (TPSA) is 26.3 Å². The van der Waals surface area contributed by atoms with Gasteiger partial charge in [-0.1, -0.05) is 45.2 Å². The van der Waals surface area contributed by atoms with Crippen LogP contribution in [0.5, 0.6) is 0 Å². The highest BCUT2D eigenvalue weighted by atomic mass is 79.9. The van der Waals surface area contributed by atoms with Crippen LogP contribution in [-0.2, 0) is 15.2 Å².